The van der Waals surface area contributed by atoms with Crippen LogP contribution in [0.3, 0.4) is 0 Å². The molecular weight excluding hydrogens is 433 g/mol. The van der Waals surface area contributed by atoms with E-state index in [2.05, 4.69) is 5.32 Å². The fraction of sp³-hybridized carbons (Fsp3) is 0.417. The summed E-state index contributed by atoms with van der Waals surface area (Å²) in [6.45, 7) is 2.88. The smallest absolute Gasteiger partial charge is 0.321 e. The number of carbonyl (C=O) groups excluding carboxylic acids is 2. The summed E-state index contributed by atoms with van der Waals surface area (Å²) < 4.78 is 19.5. The zero-order chi connectivity index (χ0) is 22.6. The van der Waals surface area contributed by atoms with Crippen LogP contribution in [-0.2, 0) is 14.9 Å². The molecule has 32 heavy (non-hydrogen) atoms. The fourth-order valence-electron chi connectivity index (χ4n) is 4.53. The number of ether oxygens (including phenoxy) is 1. The Kier molecular flexibility index (Phi) is 6.96. The third kappa shape index (κ3) is 4.89. The van der Waals surface area contributed by atoms with Crippen LogP contribution in [0.5, 0.6) is 0 Å². The number of anilines is 1. The van der Waals surface area contributed by atoms with Crippen LogP contribution >= 0.6 is 11.6 Å². The SMILES string of the molecule is O=C(Nc1cccc(Cl)c1)N1CCCN(C(=O)C2(c3cccc(F)c3)CCOCC2)CC1. The van der Waals surface area contributed by atoms with E-state index in [9.17, 15) is 14.0 Å². The van der Waals surface area contributed by atoms with Crippen molar-refractivity contribution in [2.75, 3.05) is 44.7 Å². The first-order valence-corrected chi connectivity index (χ1v) is 11.3. The Labute approximate surface area is 192 Å². The first-order valence-electron chi connectivity index (χ1n) is 10.9. The maximum Gasteiger partial charge on any atom is 0.321 e. The van der Waals surface area contributed by atoms with Gasteiger partial charge in [0.15, 0.2) is 0 Å². The van der Waals surface area contributed by atoms with Crippen molar-refractivity contribution in [3.63, 3.8) is 0 Å². The molecule has 0 atom stereocenters. The molecule has 0 radical (unpaired) electrons. The van der Waals surface area contributed by atoms with Gasteiger partial charge in [0.2, 0.25) is 5.91 Å². The predicted octanol–water partition coefficient (Wildman–Crippen LogP) is 4.29. The Morgan fingerprint density at radius 2 is 1.69 bits per heavy atom. The molecule has 170 valence electrons. The Hall–Kier alpha value is -2.64. The molecule has 2 heterocycles. The fourth-order valence-corrected chi connectivity index (χ4v) is 4.72. The van der Waals surface area contributed by atoms with Gasteiger partial charge in [-0.2, -0.15) is 0 Å². The average Bonchev–Trinajstić information content (AvgIpc) is 3.05. The average molecular weight is 460 g/mol. The summed E-state index contributed by atoms with van der Waals surface area (Å²) in [5, 5.41) is 3.42. The minimum atomic E-state index is -0.793. The second kappa shape index (κ2) is 9.88. The molecule has 0 saturated carbocycles. The highest BCUT2D eigenvalue weighted by Gasteiger charge is 2.44. The first-order chi connectivity index (χ1) is 15.5. The molecule has 0 aliphatic carbocycles. The van der Waals surface area contributed by atoms with E-state index in [0.717, 1.165) is 0 Å². The lowest BCUT2D eigenvalue weighted by Crippen LogP contribution is -2.51. The van der Waals surface area contributed by atoms with E-state index in [1.165, 1.54) is 12.1 Å². The first kappa shape index (κ1) is 22.6. The summed E-state index contributed by atoms with van der Waals surface area (Å²) in [5.74, 6) is -0.357. The monoisotopic (exact) mass is 459 g/mol. The minimum absolute atomic E-state index is 0.0106. The molecule has 2 saturated heterocycles. The van der Waals surface area contributed by atoms with E-state index >= 15 is 0 Å². The van der Waals surface area contributed by atoms with Crippen LogP contribution in [-0.4, -0.2) is 61.1 Å². The second-order valence-electron chi connectivity index (χ2n) is 8.28. The van der Waals surface area contributed by atoms with Crippen molar-refractivity contribution in [1.82, 2.24) is 9.80 Å². The third-order valence-corrected chi connectivity index (χ3v) is 6.51. The van der Waals surface area contributed by atoms with E-state index in [4.69, 9.17) is 16.3 Å². The maximum absolute atomic E-state index is 14.0. The van der Waals surface area contributed by atoms with Crippen molar-refractivity contribution >= 4 is 29.2 Å². The lowest BCUT2D eigenvalue weighted by molar-refractivity contribution is -0.141. The molecule has 0 unspecified atom stereocenters. The highest BCUT2D eigenvalue weighted by molar-refractivity contribution is 6.30. The number of amides is 3. The standard InChI is InChI=1S/C24H27ClFN3O3/c25-19-5-2-7-21(17-19)27-23(31)29-11-3-10-28(12-13-29)22(30)24(8-14-32-15-9-24)18-4-1-6-20(26)16-18/h1-2,4-7,16-17H,3,8-15H2,(H,27,31). The topological polar surface area (TPSA) is 61.9 Å². The van der Waals surface area contributed by atoms with Crippen molar-refractivity contribution in [2.24, 2.45) is 0 Å². The van der Waals surface area contributed by atoms with Crippen molar-refractivity contribution in [2.45, 2.75) is 24.7 Å². The minimum Gasteiger partial charge on any atom is -0.381 e. The zero-order valence-electron chi connectivity index (χ0n) is 17.9. The lowest BCUT2D eigenvalue weighted by atomic mass is 9.73. The van der Waals surface area contributed by atoms with E-state index < -0.39 is 5.41 Å². The molecule has 2 aromatic carbocycles. The van der Waals surface area contributed by atoms with Gasteiger partial charge in [0.1, 0.15) is 5.82 Å². The van der Waals surface area contributed by atoms with Crippen molar-refractivity contribution in [3.8, 4) is 0 Å². The number of nitrogens with one attached hydrogen (secondary N) is 1. The molecule has 0 spiro atoms. The highest BCUT2D eigenvalue weighted by Crippen LogP contribution is 2.37. The number of carbonyl (C=O) groups is 2. The van der Waals surface area contributed by atoms with Crippen molar-refractivity contribution < 1.29 is 18.7 Å². The quantitative estimate of drug-likeness (QED) is 0.744. The normalized spacial score (nSPS) is 18.7. The van der Waals surface area contributed by atoms with Crippen molar-refractivity contribution in [1.29, 1.82) is 0 Å². The van der Waals surface area contributed by atoms with Crippen LogP contribution in [0.15, 0.2) is 48.5 Å². The van der Waals surface area contributed by atoms with E-state index in [1.54, 1.807) is 35.2 Å². The molecule has 8 heteroatoms. The number of rotatable bonds is 3. The highest BCUT2D eigenvalue weighted by atomic mass is 35.5. The molecule has 0 aromatic heterocycles. The summed E-state index contributed by atoms with van der Waals surface area (Å²) in [4.78, 5) is 30.0. The summed E-state index contributed by atoms with van der Waals surface area (Å²) in [6, 6.07) is 13.1. The molecular formula is C24H27ClFN3O3. The van der Waals surface area contributed by atoms with Crippen LogP contribution in [0.25, 0.3) is 0 Å². The molecule has 2 aromatic rings. The van der Waals surface area contributed by atoms with E-state index in [0.29, 0.717) is 74.9 Å². The molecule has 2 aliphatic rings. The summed E-state index contributed by atoms with van der Waals surface area (Å²) in [6.07, 6.45) is 1.71. The maximum atomic E-state index is 14.0. The van der Waals surface area contributed by atoms with Gasteiger partial charge in [-0.15, -0.1) is 0 Å². The van der Waals surface area contributed by atoms with Gasteiger partial charge in [0.05, 0.1) is 5.41 Å². The van der Waals surface area contributed by atoms with Gasteiger partial charge in [-0.3, -0.25) is 4.79 Å². The Balaban J connectivity index is 1.46. The van der Waals surface area contributed by atoms with Gasteiger partial charge in [0, 0.05) is 50.1 Å². The van der Waals surface area contributed by atoms with Crippen LogP contribution in [0, 0.1) is 5.82 Å². The molecule has 6 nitrogen and oxygen atoms in total. The van der Waals surface area contributed by atoms with Crippen LogP contribution in [0.4, 0.5) is 14.9 Å². The number of halogens is 2. The Morgan fingerprint density at radius 1 is 0.969 bits per heavy atom. The van der Waals surface area contributed by atoms with Crippen LogP contribution in [0.1, 0.15) is 24.8 Å². The molecule has 1 N–H and O–H groups in total. The summed E-state index contributed by atoms with van der Waals surface area (Å²) in [5.41, 5.74) is 0.538. The number of hydrogen-bond donors (Lipinski definition) is 1. The predicted molar refractivity (Wildman–Crippen MR) is 121 cm³/mol. The van der Waals surface area contributed by atoms with E-state index in [1.807, 2.05) is 11.0 Å². The van der Waals surface area contributed by atoms with Gasteiger partial charge in [-0.25, -0.2) is 9.18 Å². The lowest BCUT2D eigenvalue weighted by Gasteiger charge is -2.40. The molecule has 0 bridgehead atoms. The Bertz CT molecular complexity index is 980. The molecule has 2 aliphatic heterocycles. The Morgan fingerprint density at radius 3 is 2.44 bits per heavy atom. The number of benzene rings is 2. The van der Waals surface area contributed by atoms with Crippen LogP contribution < -0.4 is 5.32 Å². The summed E-state index contributed by atoms with van der Waals surface area (Å²) in [7, 11) is 0. The third-order valence-electron chi connectivity index (χ3n) is 6.28. The second-order valence-corrected chi connectivity index (χ2v) is 8.71. The van der Waals surface area contributed by atoms with Gasteiger partial charge >= 0.3 is 6.03 Å². The van der Waals surface area contributed by atoms with Gasteiger partial charge in [-0.1, -0.05) is 29.8 Å². The zero-order valence-corrected chi connectivity index (χ0v) is 18.6. The summed E-state index contributed by atoms with van der Waals surface area (Å²) >= 11 is 6.00. The molecule has 2 fully saturated rings. The van der Waals surface area contributed by atoms with Gasteiger partial charge in [-0.05, 0) is 55.2 Å². The largest absolute Gasteiger partial charge is 0.381 e. The van der Waals surface area contributed by atoms with Gasteiger partial charge < -0.3 is 19.9 Å². The number of hydrogen-bond acceptors (Lipinski definition) is 3. The molecule has 3 amide bonds. The van der Waals surface area contributed by atoms with Crippen molar-refractivity contribution in [3.05, 3.63) is 64.9 Å². The van der Waals surface area contributed by atoms with E-state index in [-0.39, 0.29) is 17.8 Å². The molecule has 4 rings (SSSR count). The number of urea groups is 1. The number of nitrogens with zero attached hydrogens (tertiary/aromatic N) is 2. The van der Waals surface area contributed by atoms with Gasteiger partial charge in [0.25, 0.3) is 0 Å². The van der Waals surface area contributed by atoms with Crippen LogP contribution in [0.2, 0.25) is 5.02 Å².